The molecule has 0 aromatic carbocycles. The summed E-state index contributed by atoms with van der Waals surface area (Å²) in [6.07, 6.45) is 7.11. The molecule has 0 bridgehead atoms. The van der Waals surface area contributed by atoms with Gasteiger partial charge in [0, 0.05) is 25.7 Å². The minimum atomic E-state index is 0.787. The highest BCUT2D eigenvalue weighted by molar-refractivity contribution is 4.72. The van der Waals surface area contributed by atoms with Crippen LogP contribution < -0.4 is 5.32 Å². The van der Waals surface area contributed by atoms with Gasteiger partial charge in [-0.1, -0.05) is 40.0 Å². The molecule has 0 aliphatic heterocycles. The summed E-state index contributed by atoms with van der Waals surface area (Å²) >= 11 is 0. The Hall–Kier alpha value is -0.0800. The Balaban J connectivity index is 2.07. The molecule has 1 N–H and O–H groups in total. The first-order valence-electron chi connectivity index (χ1n) is 7.18. The molecule has 0 heterocycles. The van der Waals surface area contributed by atoms with Crippen molar-refractivity contribution < 1.29 is 0 Å². The Morgan fingerprint density at radius 2 is 1.88 bits per heavy atom. The fourth-order valence-electron chi connectivity index (χ4n) is 2.63. The van der Waals surface area contributed by atoms with Crippen LogP contribution in [-0.2, 0) is 0 Å². The van der Waals surface area contributed by atoms with Crippen LogP contribution in [0, 0.1) is 5.92 Å². The second kappa shape index (κ2) is 8.08. The maximum absolute atomic E-state index is 3.72. The van der Waals surface area contributed by atoms with Gasteiger partial charge < -0.3 is 10.2 Å². The van der Waals surface area contributed by atoms with Crippen molar-refractivity contribution in [2.24, 2.45) is 5.92 Å². The van der Waals surface area contributed by atoms with E-state index in [1.807, 2.05) is 0 Å². The third-order valence-electron chi connectivity index (χ3n) is 3.54. The van der Waals surface area contributed by atoms with Crippen LogP contribution in [0.4, 0.5) is 0 Å². The summed E-state index contributed by atoms with van der Waals surface area (Å²) in [5.41, 5.74) is 0. The second-order valence-electron chi connectivity index (χ2n) is 5.58. The van der Waals surface area contributed by atoms with Crippen molar-refractivity contribution >= 4 is 0 Å². The quantitative estimate of drug-likeness (QED) is 0.718. The summed E-state index contributed by atoms with van der Waals surface area (Å²) in [5, 5.41) is 3.72. The number of nitrogens with one attached hydrogen (secondary N) is 1. The van der Waals surface area contributed by atoms with Crippen molar-refractivity contribution in [2.45, 2.75) is 58.9 Å². The van der Waals surface area contributed by atoms with Crippen molar-refractivity contribution in [1.29, 1.82) is 0 Å². The normalized spacial score (nSPS) is 18.6. The molecule has 0 spiro atoms. The van der Waals surface area contributed by atoms with Crippen molar-refractivity contribution in [2.75, 3.05) is 26.2 Å². The lowest BCUT2D eigenvalue weighted by Gasteiger charge is -2.26. The molecule has 1 saturated carbocycles. The van der Waals surface area contributed by atoms with Gasteiger partial charge in [-0.25, -0.2) is 0 Å². The Bertz CT molecular complexity index is 162. The maximum atomic E-state index is 3.72. The van der Waals surface area contributed by atoms with E-state index in [1.54, 1.807) is 0 Å². The Labute approximate surface area is 102 Å². The lowest BCUT2D eigenvalue weighted by Crippen LogP contribution is -2.39. The van der Waals surface area contributed by atoms with E-state index in [1.165, 1.54) is 58.3 Å². The lowest BCUT2D eigenvalue weighted by atomic mass is 9.95. The molecular weight excluding hydrogens is 196 g/mol. The largest absolute Gasteiger partial charge is 0.313 e. The van der Waals surface area contributed by atoms with E-state index in [0.717, 1.165) is 12.0 Å². The second-order valence-corrected chi connectivity index (χ2v) is 5.58. The summed E-state index contributed by atoms with van der Waals surface area (Å²) in [6.45, 7) is 11.7. The Kier molecular flexibility index (Phi) is 7.06. The molecule has 16 heavy (non-hydrogen) atoms. The van der Waals surface area contributed by atoms with Crippen LogP contribution >= 0.6 is 0 Å². The summed E-state index contributed by atoms with van der Waals surface area (Å²) < 4.78 is 0. The highest BCUT2D eigenvalue weighted by atomic mass is 15.1. The minimum Gasteiger partial charge on any atom is -0.313 e. The third-order valence-corrected chi connectivity index (χ3v) is 3.54. The molecule has 1 fully saturated rings. The fraction of sp³-hybridized carbons (Fsp3) is 1.00. The molecule has 0 aromatic rings. The van der Waals surface area contributed by atoms with Gasteiger partial charge in [0.2, 0.25) is 0 Å². The number of rotatable bonds is 7. The van der Waals surface area contributed by atoms with Gasteiger partial charge in [0.05, 0.1) is 0 Å². The van der Waals surface area contributed by atoms with E-state index in [2.05, 4.69) is 31.0 Å². The van der Waals surface area contributed by atoms with Crippen LogP contribution in [0.5, 0.6) is 0 Å². The van der Waals surface area contributed by atoms with Crippen LogP contribution in [-0.4, -0.2) is 37.1 Å². The van der Waals surface area contributed by atoms with E-state index in [4.69, 9.17) is 0 Å². The van der Waals surface area contributed by atoms with Gasteiger partial charge in [-0.2, -0.15) is 0 Å². The van der Waals surface area contributed by atoms with Crippen molar-refractivity contribution in [1.82, 2.24) is 10.2 Å². The summed E-state index contributed by atoms with van der Waals surface area (Å²) in [5.74, 6) is 0.787. The molecule has 2 nitrogen and oxygen atoms in total. The molecule has 0 amide bonds. The molecular formula is C14H30N2. The van der Waals surface area contributed by atoms with Crippen molar-refractivity contribution in [3.63, 3.8) is 0 Å². The first-order valence-corrected chi connectivity index (χ1v) is 7.18. The van der Waals surface area contributed by atoms with Gasteiger partial charge >= 0.3 is 0 Å². The zero-order valence-electron chi connectivity index (χ0n) is 11.5. The van der Waals surface area contributed by atoms with E-state index >= 15 is 0 Å². The van der Waals surface area contributed by atoms with Gasteiger partial charge in [-0.15, -0.1) is 0 Å². The van der Waals surface area contributed by atoms with E-state index in [9.17, 15) is 0 Å². The molecule has 1 rings (SSSR count). The standard InChI is InChI=1S/C14H30N2/c1-4-16(12-13(2)3)11-10-15-14-8-6-5-7-9-14/h13-15H,4-12H2,1-3H3. The van der Waals surface area contributed by atoms with E-state index < -0.39 is 0 Å². The van der Waals surface area contributed by atoms with Gasteiger partial charge in [0.25, 0.3) is 0 Å². The highest BCUT2D eigenvalue weighted by Gasteiger charge is 2.12. The number of hydrogen-bond acceptors (Lipinski definition) is 2. The van der Waals surface area contributed by atoms with Gasteiger partial charge in [0.15, 0.2) is 0 Å². The molecule has 0 atom stereocenters. The Morgan fingerprint density at radius 3 is 2.44 bits per heavy atom. The smallest absolute Gasteiger partial charge is 0.0107 e. The predicted octanol–water partition coefficient (Wildman–Crippen LogP) is 2.89. The maximum Gasteiger partial charge on any atom is 0.0107 e. The average Bonchev–Trinajstić information content (AvgIpc) is 2.28. The molecule has 0 aromatic heterocycles. The van der Waals surface area contributed by atoms with Gasteiger partial charge in [0.1, 0.15) is 0 Å². The zero-order chi connectivity index (χ0) is 11.8. The first-order chi connectivity index (χ1) is 7.72. The molecule has 96 valence electrons. The molecule has 0 saturated heterocycles. The fourth-order valence-corrected chi connectivity index (χ4v) is 2.63. The molecule has 2 heteroatoms. The van der Waals surface area contributed by atoms with Gasteiger partial charge in [-0.05, 0) is 25.3 Å². The average molecular weight is 226 g/mol. The SMILES string of the molecule is CCN(CCNC1CCCCC1)CC(C)C. The zero-order valence-corrected chi connectivity index (χ0v) is 11.5. The predicted molar refractivity (Wildman–Crippen MR) is 71.8 cm³/mol. The number of nitrogens with zero attached hydrogens (tertiary/aromatic N) is 1. The first kappa shape index (κ1) is 14.0. The number of hydrogen-bond donors (Lipinski definition) is 1. The van der Waals surface area contributed by atoms with E-state index in [-0.39, 0.29) is 0 Å². The Morgan fingerprint density at radius 1 is 1.19 bits per heavy atom. The molecule has 0 radical (unpaired) electrons. The molecule has 0 unspecified atom stereocenters. The summed E-state index contributed by atoms with van der Waals surface area (Å²) in [4.78, 5) is 2.56. The topological polar surface area (TPSA) is 15.3 Å². The van der Waals surface area contributed by atoms with Crippen LogP contribution in [0.15, 0.2) is 0 Å². The summed E-state index contributed by atoms with van der Waals surface area (Å²) in [7, 11) is 0. The monoisotopic (exact) mass is 226 g/mol. The van der Waals surface area contributed by atoms with Crippen LogP contribution in [0.3, 0.4) is 0 Å². The number of likely N-dealkylation sites (N-methyl/N-ethyl adjacent to an activating group) is 1. The molecule has 1 aliphatic rings. The van der Waals surface area contributed by atoms with Crippen LogP contribution in [0.2, 0.25) is 0 Å². The van der Waals surface area contributed by atoms with Crippen molar-refractivity contribution in [3.05, 3.63) is 0 Å². The lowest BCUT2D eigenvalue weighted by molar-refractivity contribution is 0.247. The van der Waals surface area contributed by atoms with Crippen LogP contribution in [0.25, 0.3) is 0 Å². The minimum absolute atomic E-state index is 0.787. The summed E-state index contributed by atoms with van der Waals surface area (Å²) in [6, 6.07) is 0.812. The van der Waals surface area contributed by atoms with Crippen LogP contribution in [0.1, 0.15) is 52.9 Å². The van der Waals surface area contributed by atoms with E-state index in [0.29, 0.717) is 0 Å². The van der Waals surface area contributed by atoms with Crippen molar-refractivity contribution in [3.8, 4) is 0 Å². The third kappa shape index (κ3) is 5.86. The molecule has 1 aliphatic carbocycles. The van der Waals surface area contributed by atoms with Gasteiger partial charge in [-0.3, -0.25) is 0 Å². The highest BCUT2D eigenvalue weighted by Crippen LogP contribution is 2.16.